The molecule has 0 amide bonds. The fraction of sp³-hybridized carbons (Fsp3) is 1.00. The highest BCUT2D eigenvalue weighted by molar-refractivity contribution is 5.15. The van der Waals surface area contributed by atoms with Gasteiger partial charge in [0, 0.05) is 0 Å². The van der Waals surface area contributed by atoms with Crippen molar-refractivity contribution in [3.63, 3.8) is 0 Å². The van der Waals surface area contributed by atoms with Gasteiger partial charge in [0.15, 0.2) is 0 Å². The van der Waals surface area contributed by atoms with Gasteiger partial charge in [-0.2, -0.15) is 0 Å². The molecular formula is C36H56. The van der Waals surface area contributed by atoms with Gasteiger partial charge < -0.3 is 0 Å². The lowest BCUT2D eigenvalue weighted by Crippen LogP contribution is -2.60. The predicted molar refractivity (Wildman–Crippen MR) is 148 cm³/mol. The van der Waals surface area contributed by atoms with Crippen LogP contribution < -0.4 is 0 Å². The van der Waals surface area contributed by atoms with Gasteiger partial charge in [-0.05, 0) is 196 Å². The largest absolute Gasteiger partial charge is 0.0651 e. The number of hydrogen-bond donors (Lipinski definition) is 0. The van der Waals surface area contributed by atoms with Gasteiger partial charge in [-0.15, -0.1) is 0 Å². The van der Waals surface area contributed by atoms with Gasteiger partial charge >= 0.3 is 0 Å². The molecule has 0 aromatic rings. The molecule has 12 aliphatic rings. The first-order valence-corrected chi connectivity index (χ1v) is 17.5. The van der Waals surface area contributed by atoms with Crippen molar-refractivity contribution >= 4 is 0 Å². The Morgan fingerprint density at radius 2 is 0.806 bits per heavy atom. The third-order valence-electron chi connectivity index (χ3n) is 16.4. The summed E-state index contributed by atoms with van der Waals surface area (Å²) in [6.07, 6.45) is 31.2. The minimum atomic E-state index is 0.775. The van der Waals surface area contributed by atoms with Crippen molar-refractivity contribution in [2.24, 2.45) is 87.3 Å². The van der Waals surface area contributed by atoms with Crippen molar-refractivity contribution in [1.82, 2.24) is 0 Å². The fourth-order valence-corrected chi connectivity index (χ4v) is 16.7. The fourth-order valence-electron chi connectivity index (χ4n) is 16.7. The molecule has 0 N–H and O–H groups in total. The van der Waals surface area contributed by atoms with Crippen molar-refractivity contribution < 1.29 is 0 Å². The molecule has 9 unspecified atom stereocenters. The highest BCUT2D eigenvalue weighted by atomic mass is 14.7. The maximum atomic E-state index is 2.62. The summed E-state index contributed by atoms with van der Waals surface area (Å²) < 4.78 is 0. The second kappa shape index (κ2) is 7.59. The Morgan fingerprint density at radius 1 is 0.444 bits per heavy atom. The van der Waals surface area contributed by atoms with Crippen LogP contribution in [-0.2, 0) is 0 Å². The molecule has 0 aliphatic heterocycles. The maximum Gasteiger partial charge on any atom is -0.0256 e. The average molecular weight is 489 g/mol. The molecule has 0 saturated heterocycles. The molecule has 12 aliphatic carbocycles. The highest BCUT2D eigenvalue weighted by Crippen LogP contribution is 2.74. The van der Waals surface area contributed by atoms with Crippen LogP contribution in [0.3, 0.4) is 0 Å². The van der Waals surface area contributed by atoms with E-state index in [1.54, 1.807) is 109 Å². The van der Waals surface area contributed by atoms with E-state index in [-0.39, 0.29) is 0 Å². The Morgan fingerprint density at radius 3 is 1.22 bits per heavy atom. The Labute approximate surface area is 222 Å². The van der Waals surface area contributed by atoms with Crippen LogP contribution in [0, 0.1) is 87.3 Å². The summed E-state index contributed by atoms with van der Waals surface area (Å²) in [4.78, 5) is 0. The van der Waals surface area contributed by atoms with Crippen molar-refractivity contribution in [3.05, 3.63) is 0 Å². The Kier molecular flexibility index (Phi) is 4.80. The van der Waals surface area contributed by atoms with Crippen LogP contribution in [-0.4, -0.2) is 0 Å². The number of rotatable bonds is 6. The van der Waals surface area contributed by atoms with E-state index in [4.69, 9.17) is 0 Å². The van der Waals surface area contributed by atoms with Crippen LogP contribution >= 0.6 is 0 Å². The molecule has 0 heteroatoms. The minimum absolute atomic E-state index is 0.775. The molecule has 0 nitrogen and oxygen atoms in total. The Balaban J connectivity index is 1.08. The summed E-state index contributed by atoms with van der Waals surface area (Å²) in [5.41, 5.74) is 2.33. The van der Waals surface area contributed by atoms with Crippen LogP contribution in [0.2, 0.25) is 0 Å². The standard InChI is InChI=1S/C36H56/c1-3-31-28-8-24-6-25(9-28)18-35(31,17-24)21-36-19-26-7-27(20-36)13-30(12-26)33(36)14-32-29-10-22-5-23(11-29)16-34(32,4-2)15-22/h22-33H,3-21H2,1-2H3. The third-order valence-corrected chi connectivity index (χ3v) is 16.4. The number of hydrogen-bond acceptors (Lipinski definition) is 0. The first-order valence-electron chi connectivity index (χ1n) is 17.5. The lowest BCUT2D eigenvalue weighted by atomic mass is 9.35. The Hall–Kier alpha value is 0. The zero-order chi connectivity index (χ0) is 23.9. The van der Waals surface area contributed by atoms with Gasteiger partial charge in [-0.3, -0.25) is 0 Å². The molecule has 0 aromatic carbocycles. The third kappa shape index (κ3) is 3.01. The molecule has 0 heterocycles. The topological polar surface area (TPSA) is 0 Å². The first kappa shape index (κ1) is 22.8. The highest BCUT2D eigenvalue weighted by Gasteiger charge is 2.65. The molecule has 0 radical (unpaired) electrons. The van der Waals surface area contributed by atoms with Gasteiger partial charge in [-0.1, -0.05) is 26.7 Å². The maximum absolute atomic E-state index is 2.62. The average Bonchev–Trinajstić information content (AvgIpc) is 2.81. The van der Waals surface area contributed by atoms with Crippen LogP contribution in [0.15, 0.2) is 0 Å². The van der Waals surface area contributed by atoms with Crippen LogP contribution in [0.25, 0.3) is 0 Å². The van der Waals surface area contributed by atoms with E-state index in [0.29, 0.717) is 0 Å². The summed E-state index contributed by atoms with van der Waals surface area (Å²) in [5, 5.41) is 0. The van der Waals surface area contributed by atoms with Crippen molar-refractivity contribution in [3.8, 4) is 0 Å². The predicted octanol–water partition coefficient (Wildman–Crippen LogP) is 9.91. The van der Waals surface area contributed by atoms with Crippen LogP contribution in [0.4, 0.5) is 0 Å². The summed E-state index contributed by atoms with van der Waals surface area (Å²) in [6, 6.07) is 0. The molecule has 12 rings (SSSR count). The summed E-state index contributed by atoms with van der Waals surface area (Å²) >= 11 is 0. The monoisotopic (exact) mass is 488 g/mol. The molecular weight excluding hydrogens is 432 g/mol. The molecule has 12 bridgehead atoms. The smallest absolute Gasteiger partial charge is 0.0256 e. The molecule has 9 atom stereocenters. The molecule has 0 aromatic heterocycles. The second-order valence-electron chi connectivity index (χ2n) is 17.9. The van der Waals surface area contributed by atoms with Crippen LogP contribution in [0.5, 0.6) is 0 Å². The van der Waals surface area contributed by atoms with Gasteiger partial charge in [0.05, 0.1) is 0 Å². The van der Waals surface area contributed by atoms with E-state index in [1.165, 1.54) is 12.8 Å². The molecule has 36 heavy (non-hydrogen) atoms. The van der Waals surface area contributed by atoms with E-state index < -0.39 is 0 Å². The van der Waals surface area contributed by atoms with E-state index in [9.17, 15) is 0 Å². The molecule has 12 fully saturated rings. The van der Waals surface area contributed by atoms with Crippen molar-refractivity contribution in [2.45, 2.75) is 136 Å². The minimum Gasteiger partial charge on any atom is -0.0651 e. The summed E-state index contributed by atoms with van der Waals surface area (Å²) in [5.74, 6) is 13.5. The lowest BCUT2D eigenvalue weighted by molar-refractivity contribution is -0.196. The van der Waals surface area contributed by atoms with Gasteiger partial charge in [0.25, 0.3) is 0 Å². The SMILES string of the molecule is CCC1C2CC3CC(C2)CC1(CC12CC4CC(CC(C4)C1CC1C4CC5CC(C4)CC1(CC)C5)C2)C3. The Bertz CT molecular complexity index is 856. The summed E-state index contributed by atoms with van der Waals surface area (Å²) in [7, 11) is 0. The first-order chi connectivity index (χ1) is 17.5. The zero-order valence-corrected chi connectivity index (χ0v) is 23.9. The van der Waals surface area contributed by atoms with E-state index in [2.05, 4.69) is 13.8 Å². The van der Waals surface area contributed by atoms with Crippen molar-refractivity contribution in [1.29, 1.82) is 0 Å². The van der Waals surface area contributed by atoms with Gasteiger partial charge in [0.1, 0.15) is 0 Å². The zero-order valence-electron chi connectivity index (χ0n) is 23.9. The van der Waals surface area contributed by atoms with Gasteiger partial charge in [0.2, 0.25) is 0 Å². The second-order valence-corrected chi connectivity index (χ2v) is 17.9. The quantitative estimate of drug-likeness (QED) is 0.349. The lowest BCUT2D eigenvalue weighted by Gasteiger charge is -2.69. The molecule has 0 spiro atoms. The molecule has 12 saturated carbocycles. The van der Waals surface area contributed by atoms with E-state index in [1.807, 2.05) is 0 Å². The normalized spacial score (nSPS) is 63.5. The van der Waals surface area contributed by atoms with E-state index >= 15 is 0 Å². The molecule has 200 valence electrons. The van der Waals surface area contributed by atoms with E-state index in [0.717, 1.165) is 87.3 Å². The van der Waals surface area contributed by atoms with Gasteiger partial charge in [-0.25, -0.2) is 0 Å². The van der Waals surface area contributed by atoms with Crippen LogP contribution in [0.1, 0.15) is 136 Å². The van der Waals surface area contributed by atoms with Crippen molar-refractivity contribution in [2.75, 3.05) is 0 Å². The summed E-state index contributed by atoms with van der Waals surface area (Å²) in [6.45, 7) is 5.22.